The van der Waals surface area contributed by atoms with Crippen LogP contribution in [0.1, 0.15) is 36.1 Å². The number of carbonyl (C=O) groups excluding carboxylic acids is 1. The Hall–Kier alpha value is -1.60. The lowest BCUT2D eigenvalue weighted by Crippen LogP contribution is -2.54. The first kappa shape index (κ1) is 19.7. The number of amides is 2. The maximum atomic E-state index is 13.2. The maximum absolute atomic E-state index is 13.2. The number of aryl methyl sites for hydroxylation is 2. The Bertz CT molecular complexity index is 738. The molecule has 0 aliphatic carbocycles. The number of hydrogen-bond acceptors (Lipinski definition) is 3. The van der Waals surface area contributed by atoms with E-state index in [1.54, 1.807) is 4.90 Å². The van der Waals surface area contributed by atoms with Crippen LogP contribution in [0.5, 0.6) is 0 Å². The maximum Gasteiger partial charge on any atom is 0.317 e. The number of nitrogens with one attached hydrogen (secondary N) is 1. The Labute approximate surface area is 151 Å². The standard InChI is InChI=1S/C18H29N3O3S/c1-12(2)19-18(22)20-7-9-21(10-8-20)25(23,24)17-15(5)13(3)11-14(4)16(17)6/h11-12H,7-10H2,1-6H3,(H,19,22). The number of carbonyl (C=O) groups is 1. The SMILES string of the molecule is Cc1cc(C)c(C)c(S(=O)(=O)N2CCN(C(=O)NC(C)C)CC2)c1C. The van der Waals surface area contributed by atoms with E-state index in [0.29, 0.717) is 31.1 Å². The quantitative estimate of drug-likeness (QED) is 0.891. The smallest absolute Gasteiger partial charge is 0.317 e. The van der Waals surface area contributed by atoms with E-state index in [0.717, 1.165) is 22.3 Å². The molecule has 140 valence electrons. The molecule has 1 aromatic carbocycles. The largest absolute Gasteiger partial charge is 0.336 e. The molecule has 6 nitrogen and oxygen atoms in total. The highest BCUT2D eigenvalue weighted by Gasteiger charge is 2.32. The highest BCUT2D eigenvalue weighted by Crippen LogP contribution is 2.29. The van der Waals surface area contributed by atoms with E-state index in [1.165, 1.54) is 4.31 Å². The van der Waals surface area contributed by atoms with Crippen molar-refractivity contribution in [3.63, 3.8) is 0 Å². The number of hydrogen-bond donors (Lipinski definition) is 1. The van der Waals surface area contributed by atoms with Gasteiger partial charge >= 0.3 is 6.03 Å². The van der Waals surface area contributed by atoms with Crippen molar-refractivity contribution in [2.45, 2.75) is 52.5 Å². The molecule has 0 radical (unpaired) electrons. The van der Waals surface area contributed by atoms with Crippen LogP contribution in [0.2, 0.25) is 0 Å². The third-order valence-electron chi connectivity index (χ3n) is 4.83. The minimum Gasteiger partial charge on any atom is -0.336 e. The van der Waals surface area contributed by atoms with Gasteiger partial charge in [0, 0.05) is 32.2 Å². The van der Waals surface area contributed by atoms with E-state index in [2.05, 4.69) is 5.32 Å². The van der Waals surface area contributed by atoms with Crippen molar-refractivity contribution < 1.29 is 13.2 Å². The van der Waals surface area contributed by atoms with E-state index >= 15 is 0 Å². The summed E-state index contributed by atoms with van der Waals surface area (Å²) < 4.78 is 27.9. The lowest BCUT2D eigenvalue weighted by molar-refractivity contribution is 0.170. The molecule has 0 unspecified atom stereocenters. The topological polar surface area (TPSA) is 69.7 Å². The fourth-order valence-corrected chi connectivity index (χ4v) is 5.16. The van der Waals surface area contributed by atoms with Crippen LogP contribution in [0.15, 0.2) is 11.0 Å². The van der Waals surface area contributed by atoms with E-state index < -0.39 is 10.0 Å². The second kappa shape index (κ2) is 7.33. The van der Waals surface area contributed by atoms with Crippen molar-refractivity contribution in [3.05, 3.63) is 28.3 Å². The minimum absolute atomic E-state index is 0.0647. The molecule has 2 rings (SSSR count). The summed E-state index contributed by atoms with van der Waals surface area (Å²) in [5.41, 5.74) is 3.58. The Balaban J connectivity index is 2.23. The number of piperazine rings is 1. The number of sulfonamides is 1. The van der Waals surface area contributed by atoms with Crippen LogP contribution < -0.4 is 5.32 Å². The van der Waals surface area contributed by atoms with Crippen LogP contribution in [0.25, 0.3) is 0 Å². The highest BCUT2D eigenvalue weighted by molar-refractivity contribution is 7.89. The van der Waals surface area contributed by atoms with Gasteiger partial charge in [-0.2, -0.15) is 4.31 Å². The summed E-state index contributed by atoms with van der Waals surface area (Å²) in [6, 6.07) is 1.96. The van der Waals surface area contributed by atoms with Crippen LogP contribution in [0.3, 0.4) is 0 Å². The average molecular weight is 368 g/mol. The first-order valence-corrected chi connectivity index (χ1v) is 10.1. The van der Waals surface area contributed by atoms with Gasteiger partial charge in [-0.1, -0.05) is 6.07 Å². The predicted molar refractivity (Wildman–Crippen MR) is 99.4 cm³/mol. The van der Waals surface area contributed by atoms with Crippen molar-refractivity contribution in [2.24, 2.45) is 0 Å². The van der Waals surface area contributed by atoms with E-state index in [4.69, 9.17) is 0 Å². The average Bonchev–Trinajstić information content (AvgIpc) is 2.52. The molecule has 1 aliphatic heterocycles. The van der Waals surface area contributed by atoms with E-state index in [-0.39, 0.29) is 12.1 Å². The Morgan fingerprint density at radius 3 is 1.92 bits per heavy atom. The van der Waals surface area contributed by atoms with Crippen LogP contribution in [-0.2, 0) is 10.0 Å². The van der Waals surface area contributed by atoms with E-state index in [9.17, 15) is 13.2 Å². The first-order valence-electron chi connectivity index (χ1n) is 8.68. The van der Waals surface area contributed by atoms with Crippen molar-refractivity contribution in [1.82, 2.24) is 14.5 Å². The van der Waals surface area contributed by atoms with Gasteiger partial charge in [-0.15, -0.1) is 0 Å². The van der Waals surface area contributed by atoms with Crippen LogP contribution in [0, 0.1) is 27.7 Å². The first-order chi connectivity index (χ1) is 11.6. The molecule has 1 aliphatic rings. The third-order valence-corrected chi connectivity index (χ3v) is 7.01. The van der Waals surface area contributed by atoms with Gasteiger partial charge in [0.05, 0.1) is 4.90 Å². The third kappa shape index (κ3) is 3.98. The molecule has 1 N–H and O–H groups in total. The summed E-state index contributed by atoms with van der Waals surface area (Å²) in [6.07, 6.45) is 0. The second-order valence-electron chi connectivity index (χ2n) is 7.08. The molecule has 1 fully saturated rings. The van der Waals surface area contributed by atoms with Gasteiger partial charge in [0.15, 0.2) is 0 Å². The van der Waals surface area contributed by atoms with Crippen molar-refractivity contribution in [3.8, 4) is 0 Å². The molecule has 2 amide bonds. The predicted octanol–water partition coefficient (Wildman–Crippen LogP) is 2.34. The summed E-state index contributed by atoms with van der Waals surface area (Å²) in [5.74, 6) is 0. The summed E-state index contributed by atoms with van der Waals surface area (Å²) in [4.78, 5) is 14.2. The zero-order chi connectivity index (χ0) is 18.9. The molecule has 0 saturated carbocycles. The summed E-state index contributed by atoms with van der Waals surface area (Å²) >= 11 is 0. The number of rotatable bonds is 3. The zero-order valence-electron chi connectivity index (χ0n) is 16.0. The Morgan fingerprint density at radius 2 is 1.48 bits per heavy atom. The van der Waals surface area contributed by atoms with Crippen molar-refractivity contribution in [2.75, 3.05) is 26.2 Å². The highest BCUT2D eigenvalue weighted by atomic mass is 32.2. The molecule has 0 bridgehead atoms. The van der Waals surface area contributed by atoms with Gasteiger partial charge in [0.2, 0.25) is 10.0 Å². The molecule has 0 atom stereocenters. The summed E-state index contributed by atoms with van der Waals surface area (Å²) in [6.45, 7) is 12.9. The Morgan fingerprint density at radius 1 is 1.00 bits per heavy atom. The van der Waals surface area contributed by atoms with Gasteiger partial charge in [-0.05, 0) is 63.8 Å². The van der Waals surface area contributed by atoms with Gasteiger partial charge < -0.3 is 10.2 Å². The van der Waals surface area contributed by atoms with E-state index in [1.807, 2.05) is 47.6 Å². The van der Waals surface area contributed by atoms with Gasteiger partial charge in [-0.3, -0.25) is 0 Å². The zero-order valence-corrected chi connectivity index (χ0v) is 16.8. The molecule has 7 heteroatoms. The molecular formula is C18H29N3O3S. The minimum atomic E-state index is -3.57. The lowest BCUT2D eigenvalue weighted by atomic mass is 10.0. The molecule has 0 aromatic heterocycles. The molecule has 1 heterocycles. The fraction of sp³-hybridized carbons (Fsp3) is 0.611. The van der Waals surface area contributed by atoms with Crippen LogP contribution in [0.4, 0.5) is 4.79 Å². The fourth-order valence-electron chi connectivity index (χ4n) is 3.17. The summed E-state index contributed by atoms with van der Waals surface area (Å²) in [5, 5.41) is 2.85. The van der Waals surface area contributed by atoms with Crippen LogP contribution in [-0.4, -0.2) is 55.9 Å². The molecular weight excluding hydrogens is 338 g/mol. The second-order valence-corrected chi connectivity index (χ2v) is 8.96. The summed E-state index contributed by atoms with van der Waals surface area (Å²) in [7, 11) is -3.57. The van der Waals surface area contributed by atoms with Crippen molar-refractivity contribution in [1.29, 1.82) is 0 Å². The number of urea groups is 1. The number of nitrogens with zero attached hydrogens (tertiary/aromatic N) is 2. The molecule has 1 aromatic rings. The van der Waals surface area contributed by atoms with Gasteiger partial charge in [-0.25, -0.2) is 13.2 Å². The normalized spacial score (nSPS) is 16.4. The van der Waals surface area contributed by atoms with Gasteiger partial charge in [0.1, 0.15) is 0 Å². The lowest BCUT2D eigenvalue weighted by Gasteiger charge is -2.35. The Kier molecular flexibility index (Phi) is 5.79. The van der Waals surface area contributed by atoms with Gasteiger partial charge in [0.25, 0.3) is 0 Å². The number of benzene rings is 1. The molecule has 25 heavy (non-hydrogen) atoms. The van der Waals surface area contributed by atoms with Crippen LogP contribution >= 0.6 is 0 Å². The van der Waals surface area contributed by atoms with Crippen molar-refractivity contribution >= 4 is 16.1 Å². The molecule has 1 saturated heterocycles. The molecule has 0 spiro atoms. The monoisotopic (exact) mass is 367 g/mol.